The summed E-state index contributed by atoms with van der Waals surface area (Å²) in [5.74, 6) is -1.16. The van der Waals surface area contributed by atoms with Crippen molar-refractivity contribution in [2.24, 2.45) is 5.73 Å². The summed E-state index contributed by atoms with van der Waals surface area (Å²) in [4.78, 5) is 51.2. The summed E-state index contributed by atoms with van der Waals surface area (Å²) >= 11 is 0. The van der Waals surface area contributed by atoms with Gasteiger partial charge in [0.2, 0.25) is 11.8 Å². The van der Waals surface area contributed by atoms with E-state index >= 15 is 0 Å². The van der Waals surface area contributed by atoms with Gasteiger partial charge < -0.3 is 16.5 Å². The summed E-state index contributed by atoms with van der Waals surface area (Å²) in [5, 5.41) is 10.6. The number of nitrogens with two attached hydrogens (primary N) is 1. The third-order valence-corrected chi connectivity index (χ3v) is 5.87. The van der Waals surface area contributed by atoms with Crippen LogP contribution in [0.1, 0.15) is 34.0 Å². The van der Waals surface area contributed by atoms with Gasteiger partial charge in [0, 0.05) is 17.8 Å². The van der Waals surface area contributed by atoms with Crippen molar-refractivity contribution in [3.05, 3.63) is 116 Å². The second-order valence-electron chi connectivity index (χ2n) is 8.44. The van der Waals surface area contributed by atoms with Crippen LogP contribution >= 0.6 is 0 Å². The van der Waals surface area contributed by atoms with Crippen LogP contribution in [-0.4, -0.2) is 26.7 Å². The molecule has 4 rings (SSSR count). The molecule has 9 nitrogen and oxygen atoms in total. The number of nitrogens with one attached hydrogen (secondary N) is 2. The van der Waals surface area contributed by atoms with Gasteiger partial charge in [-0.15, -0.1) is 0 Å². The van der Waals surface area contributed by atoms with E-state index in [-0.39, 0.29) is 36.1 Å². The van der Waals surface area contributed by atoms with Gasteiger partial charge in [-0.1, -0.05) is 54.6 Å². The van der Waals surface area contributed by atoms with Gasteiger partial charge in [0.1, 0.15) is 6.54 Å². The highest BCUT2D eigenvalue weighted by atomic mass is 16.2. The SMILES string of the molecule is CC(=N)c1ccc(CNC(=O)Cn2c(=O)n(Cc3ccccc3)c(=O)c3ccc(C(N)=O)cc32)cc1. The number of rotatable bonds is 8. The third-order valence-electron chi connectivity index (χ3n) is 5.87. The molecule has 0 aliphatic carbocycles. The Bertz CT molecular complexity index is 1590. The first kappa shape index (κ1) is 24.3. The van der Waals surface area contributed by atoms with Crippen LogP contribution in [0.25, 0.3) is 10.9 Å². The Balaban J connectivity index is 1.69. The Morgan fingerprint density at radius 1 is 0.889 bits per heavy atom. The quantitative estimate of drug-likeness (QED) is 0.330. The van der Waals surface area contributed by atoms with Gasteiger partial charge in [-0.05, 0) is 41.8 Å². The Kier molecular flexibility index (Phi) is 6.91. The number of aromatic nitrogens is 2. The van der Waals surface area contributed by atoms with E-state index in [4.69, 9.17) is 11.1 Å². The van der Waals surface area contributed by atoms with Crippen molar-refractivity contribution < 1.29 is 9.59 Å². The second-order valence-corrected chi connectivity index (χ2v) is 8.44. The maximum Gasteiger partial charge on any atom is 0.332 e. The van der Waals surface area contributed by atoms with Crippen molar-refractivity contribution in [1.82, 2.24) is 14.5 Å². The molecule has 2 amide bonds. The molecule has 4 N–H and O–H groups in total. The van der Waals surface area contributed by atoms with Crippen LogP contribution in [-0.2, 0) is 24.4 Å². The maximum atomic E-state index is 13.4. The van der Waals surface area contributed by atoms with E-state index in [2.05, 4.69) is 5.32 Å². The van der Waals surface area contributed by atoms with Crippen LogP contribution in [0.15, 0.2) is 82.4 Å². The summed E-state index contributed by atoms with van der Waals surface area (Å²) in [5.41, 5.74) is 7.31. The summed E-state index contributed by atoms with van der Waals surface area (Å²) < 4.78 is 2.26. The normalized spacial score (nSPS) is 10.8. The standard InChI is InChI=1S/C27H25N5O4/c1-17(28)20-9-7-18(8-10-20)14-30-24(33)16-31-23-13-21(25(29)34)11-12-22(23)26(35)32(27(31)36)15-19-5-3-2-4-6-19/h2-13,28H,14-16H2,1H3,(H2,29,34)(H,30,33). The molecule has 0 spiro atoms. The van der Waals surface area contributed by atoms with Gasteiger partial charge in [-0.25, -0.2) is 4.79 Å². The Hall–Kier alpha value is -4.79. The lowest BCUT2D eigenvalue weighted by atomic mass is 10.1. The fourth-order valence-corrected chi connectivity index (χ4v) is 3.90. The third kappa shape index (κ3) is 5.15. The number of primary amides is 1. The molecule has 0 fully saturated rings. The fourth-order valence-electron chi connectivity index (χ4n) is 3.90. The van der Waals surface area contributed by atoms with E-state index < -0.39 is 23.1 Å². The molecule has 1 aromatic heterocycles. The molecule has 0 unspecified atom stereocenters. The van der Waals surface area contributed by atoms with E-state index in [1.807, 2.05) is 30.3 Å². The fraction of sp³-hybridized carbons (Fsp3) is 0.148. The first-order valence-corrected chi connectivity index (χ1v) is 11.3. The van der Waals surface area contributed by atoms with Gasteiger partial charge >= 0.3 is 5.69 Å². The molecule has 1 heterocycles. The largest absolute Gasteiger partial charge is 0.366 e. The molecule has 0 bridgehead atoms. The lowest BCUT2D eigenvalue weighted by Gasteiger charge is -2.15. The van der Waals surface area contributed by atoms with E-state index in [1.165, 1.54) is 22.8 Å². The molecule has 0 atom stereocenters. The van der Waals surface area contributed by atoms with Crippen molar-refractivity contribution in [3.8, 4) is 0 Å². The number of carbonyl (C=O) groups is 2. The van der Waals surface area contributed by atoms with Crippen molar-refractivity contribution in [2.75, 3.05) is 0 Å². The number of fused-ring (bicyclic) bond motifs is 1. The number of nitrogens with zero attached hydrogens (tertiary/aromatic N) is 2. The van der Waals surface area contributed by atoms with Crippen LogP contribution in [0.5, 0.6) is 0 Å². The smallest absolute Gasteiger partial charge is 0.332 e. The first-order chi connectivity index (χ1) is 17.2. The zero-order chi connectivity index (χ0) is 25.8. The minimum atomic E-state index is -0.711. The molecule has 0 aliphatic rings. The summed E-state index contributed by atoms with van der Waals surface area (Å²) in [6.07, 6.45) is 0. The molecule has 0 radical (unpaired) electrons. The summed E-state index contributed by atoms with van der Waals surface area (Å²) in [6, 6.07) is 20.5. The average molecular weight is 484 g/mol. The summed E-state index contributed by atoms with van der Waals surface area (Å²) in [7, 11) is 0. The van der Waals surface area contributed by atoms with E-state index in [1.54, 1.807) is 31.2 Å². The molecule has 36 heavy (non-hydrogen) atoms. The molecular formula is C27H25N5O4. The van der Waals surface area contributed by atoms with Crippen LogP contribution in [0.4, 0.5) is 0 Å². The minimum absolute atomic E-state index is 0.0341. The maximum absolute atomic E-state index is 13.4. The zero-order valence-electron chi connectivity index (χ0n) is 19.7. The predicted octanol–water partition coefficient (Wildman–Crippen LogP) is 2.01. The molecule has 0 saturated heterocycles. The lowest BCUT2D eigenvalue weighted by molar-refractivity contribution is -0.121. The number of hydrogen-bond acceptors (Lipinski definition) is 5. The second kappa shape index (κ2) is 10.2. The van der Waals surface area contributed by atoms with Gasteiger partial charge in [0.15, 0.2) is 0 Å². The van der Waals surface area contributed by atoms with Crippen LogP contribution in [0.3, 0.4) is 0 Å². The number of benzene rings is 3. The van der Waals surface area contributed by atoms with Crippen molar-refractivity contribution >= 4 is 28.4 Å². The van der Waals surface area contributed by atoms with Gasteiger partial charge in [-0.2, -0.15) is 0 Å². The Labute approximate surface area is 206 Å². The van der Waals surface area contributed by atoms with Crippen LogP contribution in [0, 0.1) is 5.41 Å². The zero-order valence-corrected chi connectivity index (χ0v) is 19.7. The van der Waals surface area contributed by atoms with Crippen LogP contribution < -0.4 is 22.3 Å². The highest BCUT2D eigenvalue weighted by Crippen LogP contribution is 2.13. The molecule has 3 aromatic carbocycles. The van der Waals surface area contributed by atoms with Crippen LogP contribution in [0.2, 0.25) is 0 Å². The van der Waals surface area contributed by atoms with Gasteiger partial charge in [-0.3, -0.25) is 23.5 Å². The highest BCUT2D eigenvalue weighted by Gasteiger charge is 2.17. The topological polar surface area (TPSA) is 140 Å². The number of carbonyl (C=O) groups excluding carboxylic acids is 2. The minimum Gasteiger partial charge on any atom is -0.366 e. The van der Waals surface area contributed by atoms with Crippen molar-refractivity contribution in [3.63, 3.8) is 0 Å². The predicted molar refractivity (Wildman–Crippen MR) is 137 cm³/mol. The van der Waals surface area contributed by atoms with E-state index in [0.717, 1.165) is 21.3 Å². The molecule has 182 valence electrons. The Morgan fingerprint density at radius 3 is 2.19 bits per heavy atom. The Morgan fingerprint density at radius 2 is 1.56 bits per heavy atom. The van der Waals surface area contributed by atoms with Crippen molar-refractivity contribution in [2.45, 2.75) is 26.6 Å². The highest BCUT2D eigenvalue weighted by molar-refractivity contribution is 5.97. The molecule has 0 saturated carbocycles. The summed E-state index contributed by atoms with van der Waals surface area (Å²) in [6.45, 7) is 1.59. The van der Waals surface area contributed by atoms with Gasteiger partial charge in [0.05, 0.1) is 17.4 Å². The molecule has 4 aromatic rings. The lowest BCUT2D eigenvalue weighted by Crippen LogP contribution is -2.42. The monoisotopic (exact) mass is 483 g/mol. The van der Waals surface area contributed by atoms with E-state index in [9.17, 15) is 19.2 Å². The molecular weight excluding hydrogens is 458 g/mol. The van der Waals surface area contributed by atoms with E-state index in [0.29, 0.717) is 5.71 Å². The number of hydrogen-bond donors (Lipinski definition) is 3. The number of amides is 2. The average Bonchev–Trinajstić information content (AvgIpc) is 2.88. The first-order valence-electron chi connectivity index (χ1n) is 11.3. The molecule has 0 aliphatic heterocycles. The van der Waals surface area contributed by atoms with Gasteiger partial charge in [0.25, 0.3) is 5.56 Å². The van der Waals surface area contributed by atoms with Crippen molar-refractivity contribution in [1.29, 1.82) is 5.41 Å². The molecule has 9 heteroatoms.